The normalized spacial score (nSPS) is 32.3. The van der Waals surface area contributed by atoms with Crippen molar-refractivity contribution in [2.75, 3.05) is 0 Å². The second kappa shape index (κ2) is 9.04. The van der Waals surface area contributed by atoms with Crippen LogP contribution in [0, 0.1) is 46.3 Å². The van der Waals surface area contributed by atoms with E-state index < -0.39 is 0 Å². The third-order valence-electron chi connectivity index (χ3n) is 8.18. The predicted octanol–water partition coefficient (Wildman–Crippen LogP) is 8.91. The molecule has 0 aromatic rings. The summed E-state index contributed by atoms with van der Waals surface area (Å²) >= 11 is 0. The molecule has 27 heavy (non-hydrogen) atoms. The number of fused-ring (bicyclic) bond motifs is 2. The average molecular weight is 375 g/mol. The largest absolute Gasteiger partial charge is 0.0882 e. The summed E-state index contributed by atoms with van der Waals surface area (Å²) in [7, 11) is 0. The van der Waals surface area contributed by atoms with Crippen molar-refractivity contribution in [1.29, 1.82) is 0 Å². The van der Waals surface area contributed by atoms with Gasteiger partial charge in [0, 0.05) is 0 Å². The minimum atomic E-state index is 0.463. The van der Waals surface area contributed by atoms with Crippen LogP contribution in [0.15, 0.2) is 11.6 Å². The van der Waals surface area contributed by atoms with Crippen LogP contribution in [0.3, 0.4) is 0 Å². The molecule has 2 fully saturated rings. The Morgan fingerprint density at radius 1 is 0.963 bits per heavy atom. The molecular formula is C27H50. The van der Waals surface area contributed by atoms with Gasteiger partial charge < -0.3 is 0 Å². The van der Waals surface area contributed by atoms with Gasteiger partial charge in [-0.1, -0.05) is 86.3 Å². The first-order valence-electron chi connectivity index (χ1n) is 12.1. The van der Waals surface area contributed by atoms with Gasteiger partial charge >= 0.3 is 0 Å². The standard InChI is InChI=1S/C27H50/c1-10-21-16-22-17-25(21)24(13-11-12-20(3)27(7,8)9)23(22)15-14-19(2)18-26(4,5)6/h10,19-20,22-25H,11-18H2,1-9H3/b21-10-. The fourth-order valence-corrected chi connectivity index (χ4v) is 6.35. The third-order valence-corrected chi connectivity index (χ3v) is 8.18. The minimum absolute atomic E-state index is 0.463. The molecule has 2 rings (SSSR count). The van der Waals surface area contributed by atoms with E-state index in [-0.39, 0.29) is 0 Å². The molecule has 0 aromatic carbocycles. The Hall–Kier alpha value is -0.260. The van der Waals surface area contributed by atoms with E-state index in [1.54, 1.807) is 0 Å². The van der Waals surface area contributed by atoms with Crippen molar-refractivity contribution in [3.8, 4) is 0 Å². The molecule has 0 spiro atoms. The molecule has 0 aromatic heterocycles. The van der Waals surface area contributed by atoms with Crippen LogP contribution in [-0.2, 0) is 0 Å². The van der Waals surface area contributed by atoms with Crippen LogP contribution in [0.25, 0.3) is 0 Å². The Morgan fingerprint density at radius 2 is 1.63 bits per heavy atom. The van der Waals surface area contributed by atoms with Gasteiger partial charge in [-0.2, -0.15) is 0 Å². The minimum Gasteiger partial charge on any atom is -0.0882 e. The van der Waals surface area contributed by atoms with Crippen molar-refractivity contribution >= 4 is 0 Å². The van der Waals surface area contributed by atoms with Crippen molar-refractivity contribution in [2.24, 2.45) is 46.3 Å². The van der Waals surface area contributed by atoms with Crippen molar-refractivity contribution in [1.82, 2.24) is 0 Å². The molecule has 0 nitrogen and oxygen atoms in total. The van der Waals surface area contributed by atoms with E-state index in [4.69, 9.17) is 0 Å². The van der Waals surface area contributed by atoms with Crippen molar-refractivity contribution in [2.45, 2.75) is 114 Å². The van der Waals surface area contributed by atoms with E-state index in [1.165, 1.54) is 51.4 Å². The lowest BCUT2D eigenvalue weighted by Crippen LogP contribution is -2.25. The van der Waals surface area contributed by atoms with Gasteiger partial charge in [0.15, 0.2) is 0 Å². The van der Waals surface area contributed by atoms with E-state index >= 15 is 0 Å². The Kier molecular flexibility index (Phi) is 7.71. The highest BCUT2D eigenvalue weighted by atomic mass is 14.5. The monoisotopic (exact) mass is 374 g/mol. The first-order valence-corrected chi connectivity index (χ1v) is 12.1. The fourth-order valence-electron chi connectivity index (χ4n) is 6.35. The maximum Gasteiger partial charge on any atom is -0.0169 e. The Balaban J connectivity index is 1.92. The lowest BCUT2D eigenvalue weighted by Gasteiger charge is -2.35. The summed E-state index contributed by atoms with van der Waals surface area (Å²) in [5.74, 6) is 5.67. The van der Waals surface area contributed by atoms with Crippen LogP contribution in [0.1, 0.15) is 114 Å². The van der Waals surface area contributed by atoms with Crippen molar-refractivity contribution in [3.05, 3.63) is 11.6 Å². The molecule has 0 aliphatic heterocycles. The van der Waals surface area contributed by atoms with Crippen molar-refractivity contribution < 1.29 is 0 Å². The van der Waals surface area contributed by atoms with E-state index in [9.17, 15) is 0 Å². The highest BCUT2D eigenvalue weighted by molar-refractivity contribution is 5.20. The molecule has 0 heterocycles. The van der Waals surface area contributed by atoms with Gasteiger partial charge in [0.05, 0.1) is 0 Å². The summed E-state index contributed by atoms with van der Waals surface area (Å²) in [5.41, 5.74) is 2.76. The second-order valence-electron chi connectivity index (χ2n) is 12.6. The topological polar surface area (TPSA) is 0 Å². The van der Waals surface area contributed by atoms with Gasteiger partial charge in [-0.3, -0.25) is 0 Å². The molecule has 6 unspecified atom stereocenters. The van der Waals surface area contributed by atoms with Gasteiger partial charge in [-0.25, -0.2) is 0 Å². The molecule has 2 aliphatic rings. The number of allylic oxidation sites excluding steroid dienone is 2. The Bertz CT molecular complexity index is 483. The van der Waals surface area contributed by atoms with Crippen LogP contribution in [-0.4, -0.2) is 0 Å². The van der Waals surface area contributed by atoms with Crippen LogP contribution in [0.4, 0.5) is 0 Å². The zero-order valence-corrected chi connectivity index (χ0v) is 20.2. The van der Waals surface area contributed by atoms with Crippen molar-refractivity contribution in [3.63, 3.8) is 0 Å². The Morgan fingerprint density at radius 3 is 2.19 bits per heavy atom. The summed E-state index contributed by atoms with van der Waals surface area (Å²) in [6, 6.07) is 0. The molecule has 0 saturated heterocycles. The molecular weight excluding hydrogens is 324 g/mol. The van der Waals surface area contributed by atoms with E-state index in [1.807, 2.05) is 5.57 Å². The molecule has 0 amide bonds. The summed E-state index contributed by atoms with van der Waals surface area (Å²) < 4.78 is 0. The maximum atomic E-state index is 2.50. The van der Waals surface area contributed by atoms with Gasteiger partial charge in [0.25, 0.3) is 0 Å². The zero-order chi connectivity index (χ0) is 20.4. The molecule has 6 atom stereocenters. The van der Waals surface area contributed by atoms with Gasteiger partial charge in [0.1, 0.15) is 0 Å². The number of hydrogen-bond donors (Lipinski definition) is 0. The van der Waals surface area contributed by atoms with Gasteiger partial charge in [-0.15, -0.1) is 0 Å². The first kappa shape index (κ1) is 23.0. The van der Waals surface area contributed by atoms with Crippen LogP contribution >= 0.6 is 0 Å². The quantitative estimate of drug-likeness (QED) is 0.372. The Labute approximate surface area is 172 Å². The molecule has 0 N–H and O–H groups in total. The fraction of sp³-hybridized carbons (Fsp3) is 0.926. The van der Waals surface area contributed by atoms with Crippen LogP contribution in [0.5, 0.6) is 0 Å². The van der Waals surface area contributed by atoms with E-state index in [2.05, 4.69) is 68.4 Å². The van der Waals surface area contributed by atoms with Crippen LogP contribution in [0.2, 0.25) is 0 Å². The first-order chi connectivity index (χ1) is 12.4. The third kappa shape index (κ3) is 6.37. The predicted molar refractivity (Wildman–Crippen MR) is 122 cm³/mol. The molecule has 2 aliphatic carbocycles. The number of rotatable bonds is 8. The SMILES string of the molecule is C/C=C1/CC2CC1C(CCCC(C)C(C)(C)C)C2CCC(C)CC(C)(C)C. The second-order valence-corrected chi connectivity index (χ2v) is 12.6. The molecule has 0 heteroatoms. The molecule has 158 valence electrons. The van der Waals surface area contributed by atoms with Crippen LogP contribution < -0.4 is 0 Å². The summed E-state index contributed by atoms with van der Waals surface area (Å²) in [4.78, 5) is 0. The van der Waals surface area contributed by atoms with Gasteiger partial charge in [-0.05, 0) is 85.4 Å². The zero-order valence-electron chi connectivity index (χ0n) is 20.2. The summed E-state index contributed by atoms with van der Waals surface area (Å²) in [5, 5.41) is 0. The molecule has 2 saturated carbocycles. The number of hydrogen-bond acceptors (Lipinski definition) is 0. The molecule has 0 radical (unpaired) electrons. The highest BCUT2D eigenvalue weighted by Gasteiger charge is 2.48. The van der Waals surface area contributed by atoms with E-state index in [0.717, 1.165) is 35.5 Å². The average Bonchev–Trinajstić information content (AvgIpc) is 3.08. The highest BCUT2D eigenvalue weighted by Crippen LogP contribution is 2.58. The molecule has 2 bridgehead atoms. The summed E-state index contributed by atoms with van der Waals surface area (Å²) in [6.45, 7) is 21.7. The maximum absolute atomic E-state index is 2.50. The van der Waals surface area contributed by atoms with E-state index in [0.29, 0.717) is 10.8 Å². The summed E-state index contributed by atoms with van der Waals surface area (Å²) in [6.07, 6.45) is 14.1. The van der Waals surface area contributed by atoms with Gasteiger partial charge in [0.2, 0.25) is 0 Å². The lowest BCUT2D eigenvalue weighted by atomic mass is 9.70. The lowest BCUT2D eigenvalue weighted by molar-refractivity contribution is 0.188. The smallest absolute Gasteiger partial charge is 0.0169 e.